The molecule has 134 valence electrons. The molecule has 0 aliphatic rings. The van der Waals surface area contributed by atoms with E-state index in [9.17, 15) is 5.11 Å². The van der Waals surface area contributed by atoms with Crippen molar-refractivity contribution in [3.05, 3.63) is 84.2 Å². The first-order valence-electron chi connectivity index (χ1n) is 8.83. The van der Waals surface area contributed by atoms with Crippen molar-refractivity contribution in [2.75, 3.05) is 6.61 Å². The predicted molar refractivity (Wildman–Crippen MR) is 106 cm³/mol. The summed E-state index contributed by atoms with van der Waals surface area (Å²) in [7, 11) is 0. The fourth-order valence-electron chi connectivity index (χ4n) is 2.92. The van der Waals surface area contributed by atoms with E-state index in [1.54, 1.807) is 18.2 Å². The van der Waals surface area contributed by atoms with Crippen molar-refractivity contribution in [1.82, 2.24) is 0 Å². The summed E-state index contributed by atoms with van der Waals surface area (Å²) in [6.07, 6.45) is 0. The molecule has 0 saturated heterocycles. The van der Waals surface area contributed by atoms with Crippen LogP contribution in [-0.4, -0.2) is 11.7 Å². The van der Waals surface area contributed by atoms with Gasteiger partial charge in [0.05, 0.1) is 17.7 Å². The molecule has 0 aliphatic heterocycles. The summed E-state index contributed by atoms with van der Waals surface area (Å²) in [6.45, 7) is 2.58. The molecule has 4 nitrogen and oxygen atoms in total. The van der Waals surface area contributed by atoms with Gasteiger partial charge in [-0.2, -0.15) is 0 Å². The topological polar surface area (TPSA) is 55.0 Å². The van der Waals surface area contributed by atoms with E-state index in [0.29, 0.717) is 12.2 Å². The van der Waals surface area contributed by atoms with E-state index < -0.39 is 0 Å². The number of aromatic hydroxyl groups is 1. The molecular formula is C23H19NO3. The first-order chi connectivity index (χ1) is 13.2. The monoisotopic (exact) mass is 357 g/mol. The molecule has 0 atom stereocenters. The number of phenols is 1. The Kier molecular flexibility index (Phi) is 4.62. The van der Waals surface area contributed by atoms with E-state index in [1.165, 1.54) is 0 Å². The Labute approximate surface area is 157 Å². The second-order valence-electron chi connectivity index (χ2n) is 6.08. The van der Waals surface area contributed by atoms with Gasteiger partial charge in [0.2, 0.25) is 0 Å². The maximum absolute atomic E-state index is 9.90. The van der Waals surface area contributed by atoms with Gasteiger partial charge in [-0.3, -0.25) is 0 Å². The number of rotatable bonds is 4. The van der Waals surface area contributed by atoms with Crippen LogP contribution in [0, 0.1) is 0 Å². The molecule has 4 heteroatoms. The van der Waals surface area contributed by atoms with E-state index in [1.807, 2.05) is 67.6 Å². The molecule has 4 aromatic rings. The smallest absolute Gasteiger partial charge is 0.137 e. The second kappa shape index (κ2) is 7.38. The summed E-state index contributed by atoms with van der Waals surface area (Å²) in [4.78, 5) is 4.77. The third kappa shape index (κ3) is 3.70. The highest BCUT2D eigenvalue weighted by atomic mass is 16.5. The number of phenolic OH excluding ortho intramolecular Hbond substituents is 1. The second-order valence-corrected chi connectivity index (χ2v) is 6.08. The molecular weight excluding hydrogens is 338 g/mol. The SMILES string of the molecule is CCOc1ccc(N=c2cc(-c3ccccc3)oc3ccc(O)cc23)cc1. The highest BCUT2D eigenvalue weighted by Gasteiger charge is 2.07. The third-order valence-corrected chi connectivity index (χ3v) is 4.18. The van der Waals surface area contributed by atoms with Gasteiger partial charge in [0.1, 0.15) is 22.8 Å². The van der Waals surface area contributed by atoms with E-state index in [4.69, 9.17) is 14.1 Å². The molecule has 3 aromatic carbocycles. The van der Waals surface area contributed by atoms with Crippen molar-refractivity contribution in [2.24, 2.45) is 4.99 Å². The molecule has 0 fully saturated rings. The molecule has 27 heavy (non-hydrogen) atoms. The molecule has 0 radical (unpaired) electrons. The summed E-state index contributed by atoms with van der Waals surface area (Å²) in [5, 5.41) is 11.4. The van der Waals surface area contributed by atoms with Gasteiger partial charge in [-0.1, -0.05) is 30.3 Å². The van der Waals surface area contributed by atoms with Crippen molar-refractivity contribution in [2.45, 2.75) is 6.92 Å². The molecule has 0 saturated carbocycles. The van der Waals surface area contributed by atoms with Gasteiger partial charge in [0.25, 0.3) is 0 Å². The fraction of sp³-hybridized carbons (Fsp3) is 0.0870. The summed E-state index contributed by atoms with van der Waals surface area (Å²) < 4.78 is 11.5. The first-order valence-corrected chi connectivity index (χ1v) is 8.83. The molecule has 0 unspecified atom stereocenters. The van der Waals surface area contributed by atoms with Gasteiger partial charge < -0.3 is 14.3 Å². The van der Waals surface area contributed by atoms with Gasteiger partial charge in [0.15, 0.2) is 0 Å². The minimum absolute atomic E-state index is 0.174. The Bertz CT molecular complexity index is 1130. The number of nitrogens with zero attached hydrogens (tertiary/aromatic N) is 1. The van der Waals surface area contributed by atoms with Crippen LogP contribution in [0.4, 0.5) is 5.69 Å². The van der Waals surface area contributed by atoms with Crippen LogP contribution in [-0.2, 0) is 0 Å². The predicted octanol–water partition coefficient (Wildman–Crippen LogP) is 5.44. The molecule has 1 N–H and O–H groups in total. The minimum atomic E-state index is 0.174. The van der Waals surface area contributed by atoms with E-state index >= 15 is 0 Å². The minimum Gasteiger partial charge on any atom is -0.508 e. The van der Waals surface area contributed by atoms with E-state index in [-0.39, 0.29) is 5.75 Å². The van der Waals surface area contributed by atoms with Gasteiger partial charge in [0, 0.05) is 17.0 Å². The van der Waals surface area contributed by atoms with Crippen molar-refractivity contribution >= 4 is 16.7 Å². The van der Waals surface area contributed by atoms with Crippen molar-refractivity contribution < 1.29 is 14.3 Å². The van der Waals surface area contributed by atoms with Crippen LogP contribution in [0.2, 0.25) is 0 Å². The number of fused-ring (bicyclic) bond motifs is 1. The van der Waals surface area contributed by atoms with E-state index in [2.05, 4.69) is 0 Å². The van der Waals surface area contributed by atoms with Crippen LogP contribution in [0.3, 0.4) is 0 Å². The molecule has 0 aliphatic carbocycles. The summed E-state index contributed by atoms with van der Waals surface area (Å²) >= 11 is 0. The van der Waals surface area contributed by atoms with Gasteiger partial charge in [-0.05, 0) is 49.4 Å². The van der Waals surface area contributed by atoms with Gasteiger partial charge in [-0.25, -0.2) is 4.99 Å². The van der Waals surface area contributed by atoms with Crippen molar-refractivity contribution in [3.8, 4) is 22.8 Å². The molecule has 0 bridgehead atoms. The maximum Gasteiger partial charge on any atom is 0.137 e. The highest BCUT2D eigenvalue weighted by Crippen LogP contribution is 2.25. The zero-order valence-corrected chi connectivity index (χ0v) is 14.9. The van der Waals surface area contributed by atoms with Crippen LogP contribution in [0.1, 0.15) is 6.92 Å². The van der Waals surface area contributed by atoms with Gasteiger partial charge in [-0.15, -0.1) is 0 Å². The highest BCUT2D eigenvalue weighted by molar-refractivity contribution is 5.80. The Morgan fingerprint density at radius 2 is 1.70 bits per heavy atom. The Morgan fingerprint density at radius 1 is 0.926 bits per heavy atom. The normalized spacial score (nSPS) is 11.7. The number of ether oxygens (including phenoxy) is 1. The zero-order chi connectivity index (χ0) is 18.6. The van der Waals surface area contributed by atoms with Crippen LogP contribution in [0.5, 0.6) is 11.5 Å². The number of hydrogen-bond acceptors (Lipinski definition) is 4. The largest absolute Gasteiger partial charge is 0.508 e. The maximum atomic E-state index is 9.90. The van der Waals surface area contributed by atoms with Crippen LogP contribution < -0.4 is 10.1 Å². The lowest BCUT2D eigenvalue weighted by molar-refractivity contribution is 0.340. The van der Waals surface area contributed by atoms with Crippen LogP contribution >= 0.6 is 0 Å². The third-order valence-electron chi connectivity index (χ3n) is 4.18. The molecule has 0 spiro atoms. The lowest BCUT2D eigenvalue weighted by atomic mass is 10.1. The van der Waals surface area contributed by atoms with E-state index in [0.717, 1.165) is 33.5 Å². The quantitative estimate of drug-likeness (QED) is 0.529. The lowest BCUT2D eigenvalue weighted by Crippen LogP contribution is -2.03. The Hall–Kier alpha value is -3.53. The summed E-state index contributed by atoms with van der Waals surface area (Å²) in [6, 6.07) is 24.4. The fourth-order valence-corrected chi connectivity index (χ4v) is 2.92. The van der Waals surface area contributed by atoms with Crippen LogP contribution in [0.15, 0.2) is 88.3 Å². The Morgan fingerprint density at radius 3 is 2.44 bits per heavy atom. The van der Waals surface area contributed by atoms with Crippen molar-refractivity contribution in [1.29, 1.82) is 0 Å². The van der Waals surface area contributed by atoms with Gasteiger partial charge >= 0.3 is 0 Å². The summed E-state index contributed by atoms with van der Waals surface area (Å²) in [5.74, 6) is 1.71. The molecule has 1 heterocycles. The van der Waals surface area contributed by atoms with Crippen LogP contribution in [0.25, 0.3) is 22.3 Å². The Balaban J connectivity index is 1.90. The summed E-state index contributed by atoms with van der Waals surface area (Å²) in [5.41, 5.74) is 2.43. The molecule has 4 rings (SSSR count). The lowest BCUT2D eigenvalue weighted by Gasteiger charge is -2.06. The number of benzene rings is 3. The standard InChI is InChI=1S/C23H19NO3/c1-2-26-19-11-8-17(9-12-19)24-21-15-23(16-6-4-3-5-7-16)27-22-13-10-18(25)14-20(21)22/h3-15,25H,2H2,1H3. The average molecular weight is 357 g/mol. The molecule has 1 aromatic heterocycles. The average Bonchev–Trinajstić information content (AvgIpc) is 2.70. The number of hydrogen-bond donors (Lipinski definition) is 1. The van der Waals surface area contributed by atoms with Crippen molar-refractivity contribution in [3.63, 3.8) is 0 Å². The zero-order valence-electron chi connectivity index (χ0n) is 14.9. The molecule has 0 amide bonds. The first kappa shape index (κ1) is 16.9.